The fourth-order valence-electron chi connectivity index (χ4n) is 2.62. The molecule has 0 atom stereocenters. The summed E-state index contributed by atoms with van der Waals surface area (Å²) in [5, 5.41) is 6.46. The van der Waals surface area contributed by atoms with Gasteiger partial charge in [0.2, 0.25) is 15.9 Å². The fraction of sp³-hybridized carbons (Fsp3) is 0.250. The second-order valence-electron chi connectivity index (χ2n) is 6.50. The number of aromatic nitrogens is 2. The Morgan fingerprint density at radius 3 is 2.53 bits per heavy atom. The highest BCUT2D eigenvalue weighted by molar-refractivity contribution is 7.89. The molecule has 0 unspecified atom stereocenters. The number of benzene rings is 2. The summed E-state index contributed by atoms with van der Waals surface area (Å²) in [6.45, 7) is 1.83. The van der Waals surface area contributed by atoms with E-state index in [-0.39, 0.29) is 41.0 Å². The number of amides is 1. The zero-order valence-corrected chi connectivity index (χ0v) is 17.3. The number of nitrogens with zero attached hydrogens (tertiary/aromatic N) is 3. The molecule has 1 amide bonds. The summed E-state index contributed by atoms with van der Waals surface area (Å²) in [6.07, 6.45) is 0.524. The first-order chi connectivity index (χ1) is 14.3. The van der Waals surface area contributed by atoms with Gasteiger partial charge >= 0.3 is 0 Å². The third-order valence-electron chi connectivity index (χ3n) is 4.39. The lowest BCUT2D eigenvalue weighted by molar-refractivity contribution is -0.115. The lowest BCUT2D eigenvalue weighted by atomic mass is 10.2. The van der Waals surface area contributed by atoms with Crippen LogP contribution in [0, 0.1) is 5.82 Å². The molecule has 158 valence electrons. The lowest BCUT2D eigenvalue weighted by Crippen LogP contribution is -2.29. The molecule has 0 bridgehead atoms. The standard InChI is InChI=1S/C20H21FN4O4S/c1-3-19(26)22-14-8-10-15(11-9-14)30(27,28)25(2)13-12-18-23-20(29-24-18)16-6-4-5-7-17(16)21/h4-11H,3,12-13H2,1-2H3,(H,22,26). The van der Waals surface area contributed by atoms with Crippen molar-refractivity contribution in [1.82, 2.24) is 14.4 Å². The van der Waals surface area contributed by atoms with Crippen molar-refractivity contribution in [3.05, 3.63) is 60.2 Å². The van der Waals surface area contributed by atoms with Gasteiger partial charge in [-0.15, -0.1) is 0 Å². The lowest BCUT2D eigenvalue weighted by Gasteiger charge is -2.16. The van der Waals surface area contributed by atoms with E-state index in [4.69, 9.17) is 4.52 Å². The topological polar surface area (TPSA) is 105 Å². The summed E-state index contributed by atoms with van der Waals surface area (Å²) in [5.41, 5.74) is 0.711. The SMILES string of the molecule is CCC(=O)Nc1ccc(S(=O)(=O)N(C)CCc2noc(-c3ccccc3F)n2)cc1. The minimum atomic E-state index is -3.74. The van der Waals surface area contributed by atoms with Crippen LogP contribution in [0.3, 0.4) is 0 Å². The number of carbonyl (C=O) groups excluding carboxylic acids is 1. The van der Waals surface area contributed by atoms with Crippen molar-refractivity contribution in [3.8, 4) is 11.5 Å². The Hall–Kier alpha value is -3.11. The molecule has 0 saturated carbocycles. The highest BCUT2D eigenvalue weighted by atomic mass is 32.2. The van der Waals surface area contributed by atoms with Crippen molar-refractivity contribution in [2.45, 2.75) is 24.7 Å². The van der Waals surface area contributed by atoms with E-state index in [1.165, 1.54) is 47.8 Å². The van der Waals surface area contributed by atoms with E-state index in [1.807, 2.05) is 0 Å². The number of hydrogen-bond acceptors (Lipinski definition) is 6. The second kappa shape index (κ2) is 9.14. The zero-order valence-electron chi connectivity index (χ0n) is 16.5. The Labute approximate surface area is 173 Å². The number of halogens is 1. The Morgan fingerprint density at radius 2 is 1.87 bits per heavy atom. The molecule has 0 fully saturated rings. The second-order valence-corrected chi connectivity index (χ2v) is 8.54. The molecule has 0 aliphatic carbocycles. The maximum atomic E-state index is 13.8. The minimum absolute atomic E-state index is 0.0401. The van der Waals surface area contributed by atoms with Gasteiger partial charge in [-0.1, -0.05) is 24.2 Å². The van der Waals surface area contributed by atoms with Crippen LogP contribution in [0.1, 0.15) is 19.2 Å². The van der Waals surface area contributed by atoms with Gasteiger partial charge < -0.3 is 9.84 Å². The van der Waals surface area contributed by atoms with Crippen LogP contribution >= 0.6 is 0 Å². The predicted octanol–water partition coefficient (Wildman–Crippen LogP) is 3.09. The van der Waals surface area contributed by atoms with Crippen LogP contribution in [0.5, 0.6) is 0 Å². The minimum Gasteiger partial charge on any atom is -0.334 e. The smallest absolute Gasteiger partial charge is 0.260 e. The van der Waals surface area contributed by atoms with Crippen LogP contribution in [0.2, 0.25) is 0 Å². The molecule has 1 aromatic heterocycles. The molecule has 0 radical (unpaired) electrons. The number of anilines is 1. The van der Waals surface area contributed by atoms with Gasteiger partial charge in [-0.3, -0.25) is 4.79 Å². The first-order valence-corrected chi connectivity index (χ1v) is 10.7. The first-order valence-electron chi connectivity index (χ1n) is 9.25. The van der Waals surface area contributed by atoms with E-state index < -0.39 is 15.8 Å². The third-order valence-corrected chi connectivity index (χ3v) is 6.26. The van der Waals surface area contributed by atoms with Crippen LogP contribution in [0.4, 0.5) is 10.1 Å². The largest absolute Gasteiger partial charge is 0.334 e. The summed E-state index contributed by atoms with van der Waals surface area (Å²) < 4.78 is 45.6. The highest BCUT2D eigenvalue weighted by Crippen LogP contribution is 2.21. The zero-order chi connectivity index (χ0) is 21.7. The Bertz CT molecular complexity index is 1130. The van der Waals surface area contributed by atoms with E-state index in [2.05, 4.69) is 15.5 Å². The number of likely N-dealkylation sites (N-methyl/N-ethyl adjacent to an activating group) is 1. The van der Waals surface area contributed by atoms with E-state index >= 15 is 0 Å². The summed E-state index contributed by atoms with van der Waals surface area (Å²) >= 11 is 0. The fourth-order valence-corrected chi connectivity index (χ4v) is 3.79. The Kier molecular flexibility index (Phi) is 6.58. The molecular formula is C20H21FN4O4S. The van der Waals surface area contributed by atoms with Crippen molar-refractivity contribution < 1.29 is 22.1 Å². The van der Waals surface area contributed by atoms with Crippen LogP contribution in [0.15, 0.2) is 57.9 Å². The molecule has 0 spiro atoms. The number of carbonyl (C=O) groups is 1. The average Bonchev–Trinajstić information content (AvgIpc) is 3.21. The van der Waals surface area contributed by atoms with Gasteiger partial charge in [0.05, 0.1) is 10.5 Å². The number of rotatable bonds is 8. The summed E-state index contributed by atoms with van der Waals surface area (Å²) in [6, 6.07) is 12.0. The monoisotopic (exact) mass is 432 g/mol. The molecule has 1 N–H and O–H groups in total. The van der Waals surface area contributed by atoms with Crippen molar-refractivity contribution in [2.75, 3.05) is 18.9 Å². The quantitative estimate of drug-likeness (QED) is 0.586. The number of sulfonamides is 1. The molecule has 3 rings (SSSR count). The summed E-state index contributed by atoms with van der Waals surface area (Å²) in [5.74, 6) is -0.324. The van der Waals surface area contributed by atoms with Crippen molar-refractivity contribution in [3.63, 3.8) is 0 Å². The molecule has 1 heterocycles. The molecular weight excluding hydrogens is 411 g/mol. The number of nitrogens with one attached hydrogen (secondary N) is 1. The van der Waals surface area contributed by atoms with Gasteiger partial charge in [0, 0.05) is 32.1 Å². The van der Waals surface area contributed by atoms with Gasteiger partial charge in [-0.2, -0.15) is 4.98 Å². The van der Waals surface area contributed by atoms with E-state index in [0.717, 1.165) is 0 Å². The molecule has 30 heavy (non-hydrogen) atoms. The highest BCUT2D eigenvalue weighted by Gasteiger charge is 2.21. The van der Waals surface area contributed by atoms with Gasteiger partial charge in [0.25, 0.3) is 5.89 Å². The van der Waals surface area contributed by atoms with Crippen LogP contribution in [-0.4, -0.2) is 42.4 Å². The molecule has 0 aliphatic heterocycles. The molecule has 10 heteroatoms. The first kappa shape index (κ1) is 21.6. The molecule has 0 aliphatic rings. The van der Waals surface area contributed by atoms with Gasteiger partial charge in [-0.25, -0.2) is 17.1 Å². The van der Waals surface area contributed by atoms with E-state index in [9.17, 15) is 17.6 Å². The molecule has 8 nitrogen and oxygen atoms in total. The molecule has 3 aromatic rings. The van der Waals surface area contributed by atoms with Crippen LogP contribution < -0.4 is 5.32 Å². The van der Waals surface area contributed by atoms with Crippen LogP contribution in [0.25, 0.3) is 11.5 Å². The maximum absolute atomic E-state index is 13.8. The van der Waals surface area contributed by atoms with Gasteiger partial charge in [0.1, 0.15) is 5.82 Å². The normalized spacial score (nSPS) is 11.6. The Balaban J connectivity index is 1.65. The van der Waals surface area contributed by atoms with Crippen molar-refractivity contribution >= 4 is 21.6 Å². The summed E-state index contributed by atoms with van der Waals surface area (Å²) in [4.78, 5) is 15.7. The molecule has 0 saturated heterocycles. The third kappa shape index (κ3) is 4.89. The van der Waals surface area contributed by atoms with Crippen molar-refractivity contribution in [1.29, 1.82) is 0 Å². The van der Waals surface area contributed by atoms with Gasteiger partial charge in [-0.05, 0) is 36.4 Å². The maximum Gasteiger partial charge on any atom is 0.260 e. The van der Waals surface area contributed by atoms with Gasteiger partial charge in [0.15, 0.2) is 5.82 Å². The number of hydrogen-bond donors (Lipinski definition) is 1. The van der Waals surface area contributed by atoms with E-state index in [0.29, 0.717) is 12.1 Å². The van der Waals surface area contributed by atoms with Crippen LogP contribution in [-0.2, 0) is 21.2 Å². The van der Waals surface area contributed by atoms with E-state index in [1.54, 1.807) is 19.1 Å². The predicted molar refractivity (Wildman–Crippen MR) is 109 cm³/mol. The Morgan fingerprint density at radius 1 is 1.17 bits per heavy atom. The summed E-state index contributed by atoms with van der Waals surface area (Å²) in [7, 11) is -2.29. The molecule has 2 aromatic carbocycles. The van der Waals surface area contributed by atoms with Crippen molar-refractivity contribution in [2.24, 2.45) is 0 Å². The average molecular weight is 432 g/mol.